The highest BCUT2D eigenvalue weighted by atomic mass is 32.2. The third-order valence-electron chi connectivity index (χ3n) is 3.66. The quantitative estimate of drug-likeness (QED) is 0.747. The Morgan fingerprint density at radius 3 is 1.88 bits per heavy atom. The second kappa shape index (κ2) is 7.64. The third kappa shape index (κ3) is 4.25. The Bertz CT molecular complexity index is 823. The Morgan fingerprint density at radius 1 is 0.962 bits per heavy atom. The molecule has 4 nitrogen and oxygen atoms in total. The second-order valence-electron chi connectivity index (χ2n) is 6.72. The van der Waals surface area contributed by atoms with Crippen molar-refractivity contribution in [1.29, 1.82) is 0 Å². The summed E-state index contributed by atoms with van der Waals surface area (Å²) in [6.07, 6.45) is 0. The molecular weight excluding hydrogens is 380 g/mol. The number of benzene rings is 2. The van der Waals surface area contributed by atoms with Crippen LogP contribution < -0.4 is 4.72 Å². The van der Waals surface area contributed by atoms with Gasteiger partial charge in [-0.05, 0) is 38.5 Å². The normalized spacial score (nSPS) is 15.5. The fraction of sp³-hybridized carbons (Fsp3) is 0.333. The Balaban J connectivity index is 2.53. The predicted molar refractivity (Wildman–Crippen MR) is 98.8 cm³/mol. The zero-order valence-electron chi connectivity index (χ0n) is 14.6. The number of halogens is 2. The van der Waals surface area contributed by atoms with Crippen LogP contribution in [0.1, 0.15) is 32.4 Å². The zero-order chi connectivity index (χ0) is 19.6. The first kappa shape index (κ1) is 20.8. The highest BCUT2D eigenvalue weighted by molar-refractivity contribution is 7.93. The SMILES string of the molecule is CC(C)(C)[S+]([O-])NC(c1ccccc1)C(F)(F)S(=O)(=O)c1ccccc1. The van der Waals surface area contributed by atoms with Crippen molar-refractivity contribution in [2.45, 2.75) is 41.7 Å². The molecule has 2 rings (SSSR count). The number of alkyl halides is 2. The van der Waals surface area contributed by atoms with E-state index in [1.165, 1.54) is 36.4 Å². The Hall–Kier alpha value is -1.48. The summed E-state index contributed by atoms with van der Waals surface area (Å²) in [6, 6.07) is 12.0. The maximum Gasteiger partial charge on any atom is 0.373 e. The van der Waals surface area contributed by atoms with Gasteiger partial charge in [0.1, 0.15) is 4.75 Å². The minimum absolute atomic E-state index is 0.0367. The van der Waals surface area contributed by atoms with Crippen LogP contribution in [-0.4, -0.2) is 23.0 Å². The average Bonchev–Trinajstić information content (AvgIpc) is 2.59. The van der Waals surface area contributed by atoms with Crippen LogP contribution in [-0.2, 0) is 21.2 Å². The predicted octanol–water partition coefficient (Wildman–Crippen LogP) is 3.85. The third-order valence-corrected chi connectivity index (χ3v) is 7.07. The standard InChI is InChI=1S/C18H21F2NO3S2/c1-17(2,3)25(22)21-16(14-10-6-4-7-11-14)18(19,20)26(23,24)15-12-8-5-9-13-15/h4-13,16,21H,1-3H3. The molecule has 8 heteroatoms. The molecule has 0 aliphatic heterocycles. The number of hydrogen-bond acceptors (Lipinski definition) is 4. The molecule has 0 aromatic heterocycles. The van der Waals surface area contributed by atoms with Gasteiger partial charge in [0.25, 0.3) is 0 Å². The lowest BCUT2D eigenvalue weighted by Gasteiger charge is -2.32. The van der Waals surface area contributed by atoms with Gasteiger partial charge in [-0.15, -0.1) is 4.72 Å². The monoisotopic (exact) mass is 401 g/mol. The molecule has 0 amide bonds. The molecule has 0 fully saturated rings. The van der Waals surface area contributed by atoms with E-state index < -0.39 is 42.1 Å². The molecule has 142 valence electrons. The van der Waals surface area contributed by atoms with Gasteiger partial charge in [0, 0.05) is 11.4 Å². The van der Waals surface area contributed by atoms with Crippen LogP contribution in [0, 0.1) is 0 Å². The van der Waals surface area contributed by atoms with E-state index in [2.05, 4.69) is 4.72 Å². The summed E-state index contributed by atoms with van der Waals surface area (Å²) < 4.78 is 69.5. The van der Waals surface area contributed by atoms with Crippen LogP contribution >= 0.6 is 0 Å². The smallest absolute Gasteiger partial charge is 0.373 e. The molecular formula is C18H21F2NO3S2. The summed E-state index contributed by atoms with van der Waals surface area (Å²) in [7, 11) is -5.01. The minimum Gasteiger partial charge on any atom is -0.598 e. The first-order valence-electron chi connectivity index (χ1n) is 7.88. The largest absolute Gasteiger partial charge is 0.598 e. The van der Waals surface area contributed by atoms with E-state index >= 15 is 8.78 Å². The van der Waals surface area contributed by atoms with Crippen LogP contribution in [0.3, 0.4) is 0 Å². The van der Waals surface area contributed by atoms with Crippen LogP contribution in [0.25, 0.3) is 0 Å². The highest BCUT2D eigenvalue weighted by Crippen LogP contribution is 2.41. The summed E-state index contributed by atoms with van der Waals surface area (Å²) in [6.45, 7) is 4.84. The molecule has 0 spiro atoms. The average molecular weight is 402 g/mol. The highest BCUT2D eigenvalue weighted by Gasteiger charge is 2.56. The van der Waals surface area contributed by atoms with Crippen LogP contribution in [0.15, 0.2) is 65.6 Å². The van der Waals surface area contributed by atoms with E-state index in [9.17, 15) is 13.0 Å². The van der Waals surface area contributed by atoms with Gasteiger partial charge in [-0.3, -0.25) is 0 Å². The number of rotatable bonds is 6. The molecule has 0 saturated heterocycles. The molecule has 1 N–H and O–H groups in total. The van der Waals surface area contributed by atoms with Gasteiger partial charge in [0.05, 0.1) is 4.90 Å². The van der Waals surface area contributed by atoms with Gasteiger partial charge < -0.3 is 4.55 Å². The lowest BCUT2D eigenvalue weighted by Crippen LogP contribution is -2.49. The van der Waals surface area contributed by atoms with Crippen molar-refractivity contribution in [3.8, 4) is 0 Å². The van der Waals surface area contributed by atoms with Crippen molar-refractivity contribution in [1.82, 2.24) is 4.72 Å². The molecule has 0 radical (unpaired) electrons. The molecule has 2 atom stereocenters. The maximum atomic E-state index is 15.2. The molecule has 0 bridgehead atoms. The second-order valence-corrected chi connectivity index (χ2v) is 10.7. The van der Waals surface area contributed by atoms with Crippen molar-refractivity contribution in [2.75, 3.05) is 0 Å². The molecule has 26 heavy (non-hydrogen) atoms. The van der Waals surface area contributed by atoms with E-state index in [0.29, 0.717) is 0 Å². The minimum atomic E-state index is -5.01. The maximum absolute atomic E-state index is 15.2. The van der Waals surface area contributed by atoms with E-state index in [4.69, 9.17) is 0 Å². The van der Waals surface area contributed by atoms with Crippen LogP contribution in [0.2, 0.25) is 0 Å². The van der Waals surface area contributed by atoms with Gasteiger partial charge in [-0.1, -0.05) is 48.5 Å². The molecule has 0 aliphatic rings. The van der Waals surface area contributed by atoms with Gasteiger partial charge in [-0.25, -0.2) is 8.42 Å². The Kier molecular flexibility index (Phi) is 6.12. The summed E-state index contributed by atoms with van der Waals surface area (Å²) in [5.74, 6) is 0. The van der Waals surface area contributed by atoms with Crippen molar-refractivity contribution < 1.29 is 21.8 Å². The summed E-state index contributed by atoms with van der Waals surface area (Å²) >= 11 is -1.90. The Labute approximate surface area is 155 Å². The van der Waals surface area contributed by atoms with Gasteiger partial charge in [0.2, 0.25) is 9.84 Å². The molecule has 0 saturated carbocycles. The molecule has 2 aromatic carbocycles. The van der Waals surface area contributed by atoms with Crippen molar-refractivity contribution in [3.05, 3.63) is 66.2 Å². The van der Waals surface area contributed by atoms with Gasteiger partial charge >= 0.3 is 5.25 Å². The summed E-state index contributed by atoms with van der Waals surface area (Å²) in [5, 5.41) is -4.21. The lowest BCUT2D eigenvalue weighted by atomic mass is 10.1. The molecule has 0 heterocycles. The zero-order valence-corrected chi connectivity index (χ0v) is 16.3. The van der Waals surface area contributed by atoms with Crippen molar-refractivity contribution >= 4 is 21.2 Å². The van der Waals surface area contributed by atoms with Crippen molar-refractivity contribution in [3.63, 3.8) is 0 Å². The van der Waals surface area contributed by atoms with Gasteiger partial charge in [-0.2, -0.15) is 8.78 Å². The first-order chi connectivity index (χ1) is 12.0. The van der Waals surface area contributed by atoms with E-state index in [1.807, 2.05) is 0 Å². The van der Waals surface area contributed by atoms with E-state index in [0.717, 1.165) is 12.1 Å². The lowest BCUT2D eigenvalue weighted by molar-refractivity contribution is 0.0553. The number of nitrogens with one attached hydrogen (secondary N) is 1. The van der Waals surface area contributed by atoms with Crippen molar-refractivity contribution in [2.24, 2.45) is 0 Å². The van der Waals surface area contributed by atoms with Crippen LogP contribution in [0.4, 0.5) is 8.78 Å². The number of sulfone groups is 1. The fourth-order valence-corrected chi connectivity index (χ4v) is 4.43. The fourth-order valence-electron chi connectivity index (χ4n) is 2.17. The molecule has 2 unspecified atom stereocenters. The Morgan fingerprint density at radius 2 is 1.42 bits per heavy atom. The molecule has 2 aromatic rings. The van der Waals surface area contributed by atoms with E-state index in [1.54, 1.807) is 32.9 Å². The van der Waals surface area contributed by atoms with Crippen LogP contribution in [0.5, 0.6) is 0 Å². The number of hydrogen-bond donors (Lipinski definition) is 1. The van der Waals surface area contributed by atoms with Gasteiger partial charge in [0.15, 0.2) is 6.04 Å². The summed E-state index contributed by atoms with van der Waals surface area (Å²) in [5.41, 5.74) is 0.0367. The topological polar surface area (TPSA) is 69.2 Å². The molecule has 0 aliphatic carbocycles. The van der Waals surface area contributed by atoms with E-state index in [-0.39, 0.29) is 5.56 Å². The summed E-state index contributed by atoms with van der Waals surface area (Å²) in [4.78, 5) is -0.491. The first-order valence-corrected chi connectivity index (χ1v) is 10.5.